The Morgan fingerprint density at radius 3 is 0.764 bits per heavy atom. The van der Waals surface area contributed by atoms with Crippen molar-refractivity contribution in [3.63, 3.8) is 0 Å². The fourth-order valence-corrected chi connectivity index (χ4v) is 47.7. The van der Waals surface area contributed by atoms with Gasteiger partial charge in [-0.25, -0.2) is 19.9 Å². The molecule has 12 unspecified atom stereocenters. The molecule has 0 spiro atoms. The largest absolute Gasteiger partial charge is 0.237 e. The van der Waals surface area contributed by atoms with Crippen LogP contribution >= 0.6 is 188 Å². The minimum atomic E-state index is 0.352. The Morgan fingerprint density at radius 2 is 0.466 bits per heavy atom. The molecule has 0 amide bonds. The fourth-order valence-electron chi connectivity index (χ4n) is 26.5. The standard InChI is InChI=1S/C38H34S4.C34H26S4.C30H16S4.C26H12N4S4/c1-37(2)17-19-5-7-29(37)27-11-23-15-33-31(13-21(23)9-25(19)27)39-35(41-33)36-40-32-14-22-10-26-20-6-8-30(38(3,4)18-20)28(26)12-24(22)16-34(32)42-36;1-2-18-4-3-17(1)25-9-21-13-29-30(14-22(21)10-26(18)25)36-33(35-29)34-37-31-15-23-11-27-19-5-6-20(8-7-19)28(27)12-24(23)16-32(31)38-34;1-2-6-18-10-22-14-26-25(13-21(22)9-17(18)5-1)31-29(32-26)30-33-27-15-23-11-19-7-3-4-8-20(19)12-24(23)16-28(27)34-30;1-2-6-14-10-18-17(9-13(14)5-1)27-21-22(28-18)32-25(31-21)26-33-23-24(34-26)30-20-12-16-8-4-3-7-15(16)11-19(20)29-23/h5-16,19-20,25,27,29-30H,17-18H2,1-4H3;1-2,5-6,9-20,25-26H,3-4,7-8H2;1-16H;1-12H/b36-35+;;;. The Hall–Kier alpha value is -8.72. The molecule has 10 heterocycles. The third-order valence-corrected chi connectivity index (χ3v) is 55.7. The maximum Gasteiger partial charge on any atom is 0.135 e. The summed E-state index contributed by atoms with van der Waals surface area (Å²) in [5, 5.41) is 30.7. The summed E-state index contributed by atoms with van der Waals surface area (Å²) in [5.41, 5.74) is 10.8. The van der Waals surface area contributed by atoms with Crippen LogP contribution in [-0.2, 0) is 0 Å². The molecule has 2 aromatic heterocycles. The summed E-state index contributed by atoms with van der Waals surface area (Å²) in [4.78, 5) is 36.8. The maximum atomic E-state index is 4.95. The molecule has 2 saturated carbocycles. The zero-order valence-corrected chi connectivity index (χ0v) is 93.6. The summed E-state index contributed by atoms with van der Waals surface area (Å²) in [6.07, 6.45) is 38.5. The molecular weight excluding hydrogens is 2110 g/mol. The summed E-state index contributed by atoms with van der Waals surface area (Å²) in [6, 6.07) is 91.2. The number of benzene rings is 16. The van der Waals surface area contributed by atoms with E-state index in [4.69, 9.17) is 19.9 Å². The second-order valence-corrected chi connectivity index (χ2v) is 62.3. The number of thioether (sulfide) groups is 16. The van der Waals surface area contributed by atoms with Crippen LogP contribution in [0.3, 0.4) is 0 Å². The van der Waals surface area contributed by atoms with Crippen LogP contribution in [-0.4, -0.2) is 19.9 Å². The zero-order chi connectivity index (χ0) is 97.1. The van der Waals surface area contributed by atoms with Crippen molar-refractivity contribution >= 4 is 321 Å². The van der Waals surface area contributed by atoms with E-state index in [1.807, 2.05) is 141 Å². The summed E-state index contributed by atoms with van der Waals surface area (Å²) in [5.74, 6) is 7.97. The minimum Gasteiger partial charge on any atom is -0.237 e. The van der Waals surface area contributed by atoms with Gasteiger partial charge in [0.15, 0.2) is 0 Å². The first-order valence-electron chi connectivity index (χ1n) is 51.4. The third kappa shape index (κ3) is 15.4. The van der Waals surface area contributed by atoms with Gasteiger partial charge in [0.25, 0.3) is 0 Å². The van der Waals surface area contributed by atoms with Gasteiger partial charge >= 0.3 is 0 Å². The molecule has 0 radical (unpaired) electrons. The predicted molar refractivity (Wildman–Crippen MR) is 647 cm³/mol. The number of allylic oxidation sites excluding steroid dienone is 8. The Morgan fingerprint density at radius 1 is 0.209 bits per heavy atom. The van der Waals surface area contributed by atoms with E-state index in [1.54, 1.807) is 69.3 Å². The van der Waals surface area contributed by atoms with Gasteiger partial charge in [0.05, 0.1) is 56.0 Å². The third-order valence-electron chi connectivity index (χ3n) is 33.8. The van der Waals surface area contributed by atoms with Gasteiger partial charge in [-0.1, -0.05) is 410 Å². The number of fused-ring (bicyclic) bond motifs is 24. The Bertz CT molecular complexity index is 8850. The van der Waals surface area contributed by atoms with Gasteiger partial charge in [0, 0.05) is 82.4 Å². The topological polar surface area (TPSA) is 51.6 Å². The van der Waals surface area contributed by atoms with Crippen LogP contribution in [0, 0.1) is 58.2 Å². The summed E-state index contributed by atoms with van der Waals surface area (Å²) >= 11 is 30.5. The SMILES string of the molecule is C1=CC2CCC1c1cc3cc4c(cc3cc12)SC(=C1Sc2cc3c(cc2S1)=CC1C2C=CC(CC2)C1C=3)S4.CC1(C)CC2C=CC1c1cc3cc4c(cc3cc12)S/C(=C1/Sc2cc3c(cc2S1)=CC1C(C=3)C2C=CC1C(C)(C)C2)S4.c1ccc2cc3cc4c(cc3cc2c1)SC(=C1Sc2cc3cc5ccccc5cc3cc2S1)S4.c1ccc2cc3nc4c(nc3cc2c1)SC(=C1Sc2nc3cc5ccccc5cc3nc2S1)S4. The van der Waals surface area contributed by atoms with Crippen LogP contribution in [0.5, 0.6) is 0 Å². The second-order valence-electron chi connectivity index (χ2n) is 43.6. The van der Waals surface area contributed by atoms with Crippen molar-refractivity contribution in [2.24, 2.45) is 58.2 Å². The summed E-state index contributed by atoms with van der Waals surface area (Å²) < 4.78 is 11.1. The van der Waals surface area contributed by atoms with Crippen molar-refractivity contribution in [3.05, 3.63) is 368 Å². The molecule has 20 heteroatoms. The second kappa shape index (κ2) is 34.9. The molecule has 148 heavy (non-hydrogen) atoms. The minimum absolute atomic E-state index is 0.352. The number of hydrogen-bond acceptors (Lipinski definition) is 20. The highest BCUT2D eigenvalue weighted by Gasteiger charge is 2.50. The highest BCUT2D eigenvalue weighted by molar-refractivity contribution is 8.33. The van der Waals surface area contributed by atoms with Crippen LogP contribution in [0.15, 0.2) is 404 Å². The van der Waals surface area contributed by atoms with Crippen LogP contribution in [0.25, 0.3) is 133 Å². The lowest BCUT2D eigenvalue weighted by atomic mass is 9.51. The van der Waals surface area contributed by atoms with Gasteiger partial charge < -0.3 is 0 Å². The molecule has 0 saturated heterocycles. The summed E-state index contributed by atoms with van der Waals surface area (Å²) in [7, 11) is 0. The molecule has 16 aromatic carbocycles. The molecule has 18 aromatic rings. The molecule has 14 aliphatic carbocycles. The maximum absolute atomic E-state index is 4.95. The van der Waals surface area contributed by atoms with Gasteiger partial charge in [0.1, 0.15) is 20.1 Å². The first-order valence-corrected chi connectivity index (χ1v) is 64.4. The van der Waals surface area contributed by atoms with Gasteiger partial charge in [-0.2, -0.15) is 0 Å². The Labute approximate surface area is 925 Å². The van der Waals surface area contributed by atoms with Gasteiger partial charge in [0.2, 0.25) is 0 Å². The van der Waals surface area contributed by atoms with Crippen molar-refractivity contribution in [2.75, 3.05) is 0 Å². The van der Waals surface area contributed by atoms with E-state index in [9.17, 15) is 0 Å². The molecule has 8 aliphatic heterocycles. The molecule has 2 fully saturated rings. The van der Waals surface area contributed by atoms with E-state index >= 15 is 0 Å². The average molecular weight is 2200 g/mol. The van der Waals surface area contributed by atoms with Crippen molar-refractivity contribution in [2.45, 2.75) is 169 Å². The highest BCUT2D eigenvalue weighted by Crippen LogP contribution is 2.69. The highest BCUT2D eigenvalue weighted by atomic mass is 32.2. The van der Waals surface area contributed by atoms with E-state index in [-0.39, 0.29) is 0 Å². The first-order chi connectivity index (χ1) is 72.5. The first kappa shape index (κ1) is 90.8. The molecular formula is C128H88N4S16. The predicted octanol–water partition coefficient (Wildman–Crippen LogP) is 37.9. The van der Waals surface area contributed by atoms with Crippen LogP contribution in [0.4, 0.5) is 0 Å². The molecule has 22 aliphatic rings. The van der Waals surface area contributed by atoms with E-state index < -0.39 is 0 Å². The Balaban J connectivity index is 0.0000000862. The lowest BCUT2D eigenvalue weighted by Crippen LogP contribution is -2.48. The van der Waals surface area contributed by atoms with Crippen LogP contribution in [0.2, 0.25) is 0 Å². The number of hydrogen-bond donors (Lipinski definition) is 0. The monoisotopic (exact) mass is 2190 g/mol. The van der Waals surface area contributed by atoms with E-state index in [0.29, 0.717) is 70.0 Å². The lowest BCUT2D eigenvalue weighted by molar-refractivity contribution is 0.0698. The van der Waals surface area contributed by atoms with Crippen molar-refractivity contribution in [1.29, 1.82) is 0 Å². The fraction of sp³-hybridized carbons (Fsp3) is 0.188. The quantitative estimate of drug-likeness (QED) is 0.107. The van der Waals surface area contributed by atoms with Gasteiger partial charge in [-0.05, 0) is 347 Å². The smallest absolute Gasteiger partial charge is 0.135 e. The number of nitrogens with zero attached hydrogens (tertiary/aromatic N) is 4. The zero-order valence-electron chi connectivity index (χ0n) is 80.5. The van der Waals surface area contributed by atoms with Crippen LogP contribution < -0.4 is 20.9 Å². The van der Waals surface area contributed by atoms with Crippen molar-refractivity contribution < 1.29 is 0 Å². The number of aromatic nitrogens is 4. The van der Waals surface area contributed by atoms with Crippen molar-refractivity contribution in [1.82, 2.24) is 19.9 Å². The average Bonchev–Trinajstić information content (AvgIpc) is 1.41. The van der Waals surface area contributed by atoms with E-state index in [2.05, 4.69) is 343 Å². The normalized spacial score (nSPS) is 25.2. The van der Waals surface area contributed by atoms with Gasteiger partial charge in [-0.15, -0.1) is 0 Å². The molecule has 716 valence electrons. The number of rotatable bonds is 0. The van der Waals surface area contributed by atoms with Crippen molar-refractivity contribution in [3.8, 4) is 0 Å². The molecule has 0 N–H and O–H groups in total. The molecule has 12 atom stereocenters. The molecule has 4 nitrogen and oxygen atoms in total. The molecule has 8 bridgehead atoms. The molecule has 40 rings (SSSR count). The lowest BCUT2D eigenvalue weighted by Gasteiger charge is -2.53. The van der Waals surface area contributed by atoms with E-state index in [0.717, 1.165) is 54.0 Å². The summed E-state index contributed by atoms with van der Waals surface area (Å²) in [6.45, 7) is 9.86. The Kier molecular flexibility index (Phi) is 21.4. The van der Waals surface area contributed by atoms with E-state index in [1.165, 1.54) is 238 Å². The van der Waals surface area contributed by atoms with Crippen LogP contribution in [0.1, 0.15) is 112 Å². The van der Waals surface area contributed by atoms with Gasteiger partial charge in [-0.3, -0.25) is 0 Å².